The van der Waals surface area contributed by atoms with E-state index in [1.807, 2.05) is 73.7 Å². The van der Waals surface area contributed by atoms with Gasteiger partial charge in [-0.3, -0.25) is 19.6 Å². The Morgan fingerprint density at radius 3 is 2.41 bits per heavy atom. The number of H-pyrrole nitrogens is 1. The van der Waals surface area contributed by atoms with E-state index in [1.54, 1.807) is 26.2 Å². The van der Waals surface area contributed by atoms with Gasteiger partial charge in [-0.2, -0.15) is 9.50 Å². The fraction of sp³-hybridized carbons (Fsp3) is 0.172. The van der Waals surface area contributed by atoms with E-state index < -0.39 is 0 Å². The largest absolute Gasteiger partial charge is 0.497 e. The molecule has 0 aliphatic rings. The average Bonchev–Trinajstić information content (AvgIpc) is 3.34. The zero-order valence-electron chi connectivity index (χ0n) is 20.9. The van der Waals surface area contributed by atoms with Gasteiger partial charge in [0, 0.05) is 17.5 Å². The molecule has 5 rings (SSSR count). The summed E-state index contributed by atoms with van der Waals surface area (Å²) in [5, 5.41) is 3.03. The van der Waals surface area contributed by atoms with Crippen LogP contribution in [-0.4, -0.2) is 32.6 Å². The van der Waals surface area contributed by atoms with Gasteiger partial charge in [0.1, 0.15) is 5.75 Å². The van der Waals surface area contributed by atoms with Crippen LogP contribution in [0.4, 0.5) is 5.95 Å². The molecule has 8 heteroatoms. The van der Waals surface area contributed by atoms with Crippen LogP contribution < -0.4 is 15.2 Å². The lowest BCUT2D eigenvalue weighted by Crippen LogP contribution is -2.31. The fourth-order valence-corrected chi connectivity index (χ4v) is 4.22. The third kappa shape index (κ3) is 4.99. The number of rotatable bonds is 7. The van der Waals surface area contributed by atoms with Crippen molar-refractivity contribution in [1.82, 2.24) is 19.6 Å². The Labute approximate surface area is 214 Å². The maximum absolute atomic E-state index is 13.7. The second-order valence-electron chi connectivity index (χ2n) is 8.93. The lowest BCUT2D eigenvalue weighted by atomic mass is 10.1. The van der Waals surface area contributed by atoms with Crippen molar-refractivity contribution < 1.29 is 9.53 Å². The maximum atomic E-state index is 13.7. The summed E-state index contributed by atoms with van der Waals surface area (Å²) in [7, 11) is 1.60. The van der Waals surface area contributed by atoms with Crippen molar-refractivity contribution in [3.63, 3.8) is 0 Å². The number of hydrogen-bond donors (Lipinski definition) is 1. The average molecular weight is 494 g/mol. The van der Waals surface area contributed by atoms with E-state index in [1.165, 1.54) is 9.42 Å². The van der Waals surface area contributed by atoms with E-state index in [4.69, 9.17) is 4.74 Å². The van der Waals surface area contributed by atoms with Crippen LogP contribution >= 0.6 is 0 Å². The number of fused-ring (bicyclic) bond motifs is 1. The van der Waals surface area contributed by atoms with Gasteiger partial charge in [0.15, 0.2) is 0 Å². The molecule has 1 N–H and O–H groups in total. The zero-order valence-corrected chi connectivity index (χ0v) is 20.9. The molecule has 0 aliphatic carbocycles. The second kappa shape index (κ2) is 10.1. The number of nitrogens with one attached hydrogen (secondary N) is 1. The van der Waals surface area contributed by atoms with Gasteiger partial charge in [-0.05, 0) is 49.2 Å². The predicted molar refractivity (Wildman–Crippen MR) is 142 cm³/mol. The summed E-state index contributed by atoms with van der Waals surface area (Å²) in [6, 6.07) is 24.6. The van der Waals surface area contributed by atoms with Crippen LogP contribution in [0, 0.1) is 13.8 Å². The molecule has 37 heavy (non-hydrogen) atoms. The zero-order chi connectivity index (χ0) is 25.9. The smallest absolute Gasteiger partial charge is 0.277 e. The summed E-state index contributed by atoms with van der Waals surface area (Å²) >= 11 is 0. The lowest BCUT2D eigenvalue weighted by molar-refractivity contribution is 0.0983. The molecule has 3 aromatic carbocycles. The number of ether oxygens (including phenoxy) is 1. The standard InChI is InChI=1S/C29H27N5O3/c1-19-12-14-23(15-13-19)26(35)33(18-22-10-7-11-24(16-22)37-3)29-31-28-30-20(2)25(27(36)34(28)32-29)17-21-8-5-4-6-9-21/h4-16H,17-18H2,1-3H3,(H,30,31,32). The first-order valence-electron chi connectivity index (χ1n) is 12.0. The number of carbonyl (C=O) groups excluding carboxylic acids is 1. The summed E-state index contributed by atoms with van der Waals surface area (Å²) in [5.74, 6) is 0.871. The van der Waals surface area contributed by atoms with Crippen LogP contribution in [0.3, 0.4) is 0 Å². The second-order valence-corrected chi connectivity index (χ2v) is 8.93. The highest BCUT2D eigenvalue weighted by atomic mass is 16.5. The molecule has 1 amide bonds. The van der Waals surface area contributed by atoms with E-state index in [2.05, 4.69) is 15.1 Å². The summed E-state index contributed by atoms with van der Waals surface area (Å²) in [5.41, 5.74) is 4.36. The summed E-state index contributed by atoms with van der Waals surface area (Å²) in [4.78, 5) is 37.8. The van der Waals surface area contributed by atoms with Gasteiger partial charge in [0.05, 0.1) is 19.3 Å². The van der Waals surface area contributed by atoms with Crippen LogP contribution in [0.25, 0.3) is 5.78 Å². The minimum Gasteiger partial charge on any atom is -0.497 e. The van der Waals surface area contributed by atoms with E-state index in [0.29, 0.717) is 29.0 Å². The molecular weight excluding hydrogens is 466 g/mol. The van der Waals surface area contributed by atoms with Crippen molar-refractivity contribution >= 4 is 17.6 Å². The molecule has 5 aromatic rings. The molecule has 186 valence electrons. The van der Waals surface area contributed by atoms with Gasteiger partial charge in [0.2, 0.25) is 5.95 Å². The molecule has 2 heterocycles. The number of benzene rings is 3. The molecule has 8 nitrogen and oxygen atoms in total. The number of aryl methyl sites for hydroxylation is 2. The number of aromatic nitrogens is 4. The van der Waals surface area contributed by atoms with E-state index in [9.17, 15) is 9.59 Å². The first kappa shape index (κ1) is 24.0. The van der Waals surface area contributed by atoms with E-state index >= 15 is 0 Å². The normalized spacial score (nSPS) is 11.0. The summed E-state index contributed by atoms with van der Waals surface area (Å²) in [6.07, 6.45) is 0.450. The SMILES string of the molecule is COc1cccc(CN(C(=O)c2ccc(C)cc2)c2nc3nc(C)c(Cc4ccccc4)c(=O)n3[nH]2)c1. The van der Waals surface area contributed by atoms with Crippen molar-refractivity contribution in [1.29, 1.82) is 0 Å². The number of hydrogen-bond acceptors (Lipinski definition) is 5. The molecule has 2 aromatic heterocycles. The summed E-state index contributed by atoms with van der Waals surface area (Å²) < 4.78 is 6.66. The van der Waals surface area contributed by atoms with Crippen molar-refractivity contribution in [2.75, 3.05) is 12.0 Å². The van der Waals surface area contributed by atoms with Gasteiger partial charge in [-0.1, -0.05) is 60.2 Å². The Kier molecular flexibility index (Phi) is 6.55. The highest BCUT2D eigenvalue weighted by Crippen LogP contribution is 2.21. The number of nitrogens with zero attached hydrogens (tertiary/aromatic N) is 4. The number of amides is 1. The van der Waals surface area contributed by atoms with E-state index in [0.717, 1.165) is 16.7 Å². The van der Waals surface area contributed by atoms with Gasteiger partial charge in [-0.15, -0.1) is 0 Å². The van der Waals surface area contributed by atoms with Gasteiger partial charge in [-0.25, -0.2) is 4.98 Å². The van der Waals surface area contributed by atoms with Crippen LogP contribution in [0.2, 0.25) is 0 Å². The van der Waals surface area contributed by atoms with Crippen LogP contribution in [-0.2, 0) is 13.0 Å². The first-order valence-corrected chi connectivity index (χ1v) is 12.0. The molecule has 0 saturated heterocycles. The van der Waals surface area contributed by atoms with Gasteiger partial charge >= 0.3 is 0 Å². The minimum atomic E-state index is -0.254. The molecular formula is C29H27N5O3. The number of anilines is 1. The monoisotopic (exact) mass is 493 g/mol. The van der Waals surface area contributed by atoms with Gasteiger partial charge in [0.25, 0.3) is 17.2 Å². The van der Waals surface area contributed by atoms with Crippen molar-refractivity contribution in [3.05, 3.63) is 123 Å². The van der Waals surface area contributed by atoms with Crippen LogP contribution in [0.1, 0.15) is 38.3 Å². The highest BCUT2D eigenvalue weighted by Gasteiger charge is 2.23. The molecule has 0 saturated carbocycles. The molecule has 0 atom stereocenters. The maximum Gasteiger partial charge on any atom is 0.277 e. The molecule has 0 unspecified atom stereocenters. The number of methoxy groups -OCH3 is 1. The third-order valence-electron chi connectivity index (χ3n) is 6.28. The Morgan fingerprint density at radius 1 is 0.946 bits per heavy atom. The summed E-state index contributed by atoms with van der Waals surface area (Å²) in [6.45, 7) is 3.99. The predicted octanol–water partition coefficient (Wildman–Crippen LogP) is 4.48. The van der Waals surface area contributed by atoms with Crippen molar-refractivity contribution in [2.45, 2.75) is 26.8 Å². The van der Waals surface area contributed by atoms with Crippen molar-refractivity contribution in [2.24, 2.45) is 0 Å². The molecule has 0 fully saturated rings. The third-order valence-corrected chi connectivity index (χ3v) is 6.28. The van der Waals surface area contributed by atoms with Crippen LogP contribution in [0.15, 0.2) is 83.7 Å². The Morgan fingerprint density at radius 2 is 1.68 bits per heavy atom. The first-order chi connectivity index (χ1) is 17.9. The van der Waals surface area contributed by atoms with E-state index in [-0.39, 0.29) is 29.7 Å². The van der Waals surface area contributed by atoms with Crippen LogP contribution in [0.5, 0.6) is 5.75 Å². The van der Waals surface area contributed by atoms with Gasteiger partial charge < -0.3 is 4.74 Å². The highest BCUT2D eigenvalue weighted by molar-refractivity contribution is 6.05. The fourth-order valence-electron chi connectivity index (χ4n) is 4.22. The quantitative estimate of drug-likeness (QED) is 0.361. The molecule has 0 radical (unpaired) electrons. The van der Waals surface area contributed by atoms with Crippen molar-refractivity contribution in [3.8, 4) is 5.75 Å². The number of aromatic amines is 1. The Balaban J connectivity index is 1.58. The molecule has 0 spiro atoms. The lowest BCUT2D eigenvalue weighted by Gasteiger charge is -2.20. The molecule has 0 aliphatic heterocycles. The topological polar surface area (TPSA) is 92.6 Å². The minimum absolute atomic E-state index is 0.210. The Hall–Kier alpha value is -4.72. The molecule has 0 bridgehead atoms. The Bertz CT molecular complexity index is 1620. The number of carbonyl (C=O) groups is 1.